The van der Waals surface area contributed by atoms with Gasteiger partial charge in [0.05, 0.1) is 5.56 Å². The summed E-state index contributed by atoms with van der Waals surface area (Å²) in [5.74, 6) is 0.834. The summed E-state index contributed by atoms with van der Waals surface area (Å²) >= 11 is 0. The number of nitrogens with zero attached hydrogens (tertiary/aromatic N) is 7. The first-order valence-electron chi connectivity index (χ1n) is 13.5. The van der Waals surface area contributed by atoms with E-state index in [4.69, 9.17) is 0 Å². The van der Waals surface area contributed by atoms with Crippen molar-refractivity contribution in [2.75, 3.05) is 63.2 Å². The van der Waals surface area contributed by atoms with Crippen molar-refractivity contribution in [1.29, 1.82) is 0 Å². The number of alkyl halides is 1. The lowest BCUT2D eigenvalue weighted by molar-refractivity contribution is 0.0956. The topological polar surface area (TPSA) is 154 Å². The first-order valence-corrected chi connectivity index (χ1v) is 13.5. The van der Waals surface area contributed by atoms with Gasteiger partial charge in [-0.2, -0.15) is 9.78 Å². The van der Waals surface area contributed by atoms with E-state index >= 15 is 0 Å². The highest BCUT2D eigenvalue weighted by molar-refractivity contribution is 6.04. The summed E-state index contributed by atoms with van der Waals surface area (Å²) in [6.45, 7) is 4.45. The molecule has 1 aromatic carbocycles. The Labute approximate surface area is 247 Å². The number of halogens is 1. The minimum absolute atomic E-state index is 0.0829. The predicted octanol–water partition coefficient (Wildman–Crippen LogP) is 2.60. The first-order chi connectivity index (χ1) is 20.8. The van der Waals surface area contributed by atoms with Gasteiger partial charge in [-0.25, -0.2) is 24.4 Å². The molecule has 14 nitrogen and oxygen atoms in total. The van der Waals surface area contributed by atoms with E-state index in [2.05, 4.69) is 63.1 Å². The lowest BCUT2D eigenvalue weighted by Gasteiger charge is -2.32. The van der Waals surface area contributed by atoms with Gasteiger partial charge < -0.3 is 31.0 Å². The molecule has 224 valence electrons. The molecule has 2 amide bonds. The molecule has 1 aliphatic heterocycles. The molecule has 0 aliphatic carbocycles. The Balaban J connectivity index is 1.38. The summed E-state index contributed by atoms with van der Waals surface area (Å²) in [4.78, 5) is 40.3. The number of piperazine rings is 1. The van der Waals surface area contributed by atoms with Crippen molar-refractivity contribution in [2.45, 2.75) is 6.92 Å². The van der Waals surface area contributed by atoms with Gasteiger partial charge in [0.25, 0.3) is 11.8 Å². The van der Waals surface area contributed by atoms with Crippen LogP contribution in [0.5, 0.6) is 5.88 Å². The number of aryl methyl sites for hydroxylation is 1. The average Bonchev–Trinajstić information content (AvgIpc) is 3.44. The van der Waals surface area contributed by atoms with E-state index in [1.807, 2.05) is 13.0 Å². The minimum Gasteiger partial charge on any atom is -0.446 e. The third-order valence-electron chi connectivity index (χ3n) is 6.77. The van der Waals surface area contributed by atoms with Crippen molar-refractivity contribution in [2.24, 2.45) is 0 Å². The number of ether oxygens (including phenoxy) is 1. The summed E-state index contributed by atoms with van der Waals surface area (Å²) < 4.78 is 18.6. The number of benzene rings is 1. The van der Waals surface area contributed by atoms with Gasteiger partial charge in [-0.15, -0.1) is 0 Å². The maximum absolute atomic E-state index is 12.8. The zero-order valence-corrected chi connectivity index (χ0v) is 24.0. The van der Waals surface area contributed by atoms with E-state index in [0.29, 0.717) is 28.8 Å². The number of anilines is 4. The molecule has 0 atom stereocenters. The van der Waals surface area contributed by atoms with Crippen LogP contribution in [0.2, 0.25) is 0 Å². The van der Waals surface area contributed by atoms with Crippen molar-refractivity contribution in [3.05, 3.63) is 71.8 Å². The number of hydrazine groups is 1. The van der Waals surface area contributed by atoms with Crippen LogP contribution in [-0.4, -0.2) is 93.6 Å². The Hall–Kier alpha value is -5.15. The van der Waals surface area contributed by atoms with Gasteiger partial charge in [0.1, 0.15) is 18.0 Å². The molecule has 4 heterocycles. The van der Waals surface area contributed by atoms with Crippen LogP contribution in [0.25, 0.3) is 5.82 Å². The summed E-state index contributed by atoms with van der Waals surface area (Å²) in [6, 6.07) is 11.7. The number of nitrogens with one attached hydrogen (secondary N) is 4. The first kappa shape index (κ1) is 29.3. The number of likely N-dealkylation sites (N-methyl/N-ethyl adjacent to an activating group) is 1. The number of carbonyl (C=O) groups excluding carboxylic acids is 2. The normalized spacial score (nSPS) is 13.8. The molecular formula is C28H32FN11O3. The average molecular weight is 590 g/mol. The van der Waals surface area contributed by atoms with E-state index < -0.39 is 12.8 Å². The summed E-state index contributed by atoms with van der Waals surface area (Å²) in [6.07, 6.45) is 2.74. The molecule has 0 unspecified atom stereocenters. The minimum atomic E-state index is -1.01. The van der Waals surface area contributed by atoms with Gasteiger partial charge in [0, 0.05) is 69.0 Å². The molecule has 4 N–H and O–H groups in total. The van der Waals surface area contributed by atoms with Crippen molar-refractivity contribution in [3.8, 4) is 11.7 Å². The van der Waals surface area contributed by atoms with Crippen LogP contribution >= 0.6 is 0 Å². The van der Waals surface area contributed by atoms with Crippen LogP contribution in [0.1, 0.15) is 26.4 Å². The fourth-order valence-corrected chi connectivity index (χ4v) is 4.32. The second-order valence-electron chi connectivity index (χ2n) is 9.82. The van der Waals surface area contributed by atoms with E-state index in [9.17, 15) is 14.0 Å². The van der Waals surface area contributed by atoms with Crippen LogP contribution in [0.3, 0.4) is 0 Å². The summed E-state index contributed by atoms with van der Waals surface area (Å²) in [5.41, 5.74) is 5.84. The largest absolute Gasteiger partial charge is 0.446 e. The number of amides is 2. The zero-order valence-electron chi connectivity index (χ0n) is 24.0. The van der Waals surface area contributed by atoms with E-state index in [0.717, 1.165) is 31.7 Å². The fourth-order valence-electron chi connectivity index (χ4n) is 4.32. The number of carbonyl (C=O) groups is 2. The maximum atomic E-state index is 12.8. The van der Waals surface area contributed by atoms with Gasteiger partial charge >= 0.3 is 0 Å². The predicted molar refractivity (Wildman–Crippen MR) is 158 cm³/mol. The Bertz CT molecular complexity index is 1590. The number of hydrogen-bond donors (Lipinski definition) is 4. The van der Waals surface area contributed by atoms with Crippen LogP contribution < -0.4 is 26.1 Å². The quantitative estimate of drug-likeness (QED) is 0.216. The van der Waals surface area contributed by atoms with Crippen molar-refractivity contribution < 1.29 is 18.7 Å². The molecular weight excluding hydrogens is 557 g/mol. The third kappa shape index (κ3) is 7.20. The van der Waals surface area contributed by atoms with Gasteiger partial charge in [-0.3, -0.25) is 9.59 Å². The molecule has 1 fully saturated rings. The molecule has 0 saturated carbocycles. The van der Waals surface area contributed by atoms with Gasteiger partial charge in [0.2, 0.25) is 12.7 Å². The SMILES string of the molecule is CNC(=O)c1cc(Nc2cc(NC(=O)c3ccc(OCF)nc3)ccc2C)n(-c2cc(NN3CCN(C)CC3)ncn2)n1. The molecule has 0 spiro atoms. The molecule has 4 aromatic rings. The van der Waals surface area contributed by atoms with Crippen LogP contribution in [0.4, 0.5) is 27.4 Å². The monoisotopic (exact) mass is 589 g/mol. The molecule has 15 heteroatoms. The number of rotatable bonds is 10. The number of aromatic nitrogens is 5. The lowest BCUT2D eigenvalue weighted by Crippen LogP contribution is -2.47. The molecule has 1 saturated heterocycles. The van der Waals surface area contributed by atoms with Gasteiger partial charge in [-0.05, 0) is 37.7 Å². The van der Waals surface area contributed by atoms with Crippen LogP contribution in [0.15, 0.2) is 55.0 Å². The Morgan fingerprint density at radius 3 is 2.53 bits per heavy atom. The van der Waals surface area contributed by atoms with Crippen molar-refractivity contribution in [1.82, 2.24) is 40.0 Å². The third-order valence-corrected chi connectivity index (χ3v) is 6.77. The molecule has 43 heavy (non-hydrogen) atoms. The Morgan fingerprint density at radius 1 is 1.00 bits per heavy atom. The van der Waals surface area contributed by atoms with E-state index in [-0.39, 0.29) is 23.0 Å². The van der Waals surface area contributed by atoms with Gasteiger partial charge in [-0.1, -0.05) is 6.07 Å². The molecule has 5 rings (SSSR count). The van der Waals surface area contributed by atoms with Crippen molar-refractivity contribution in [3.63, 3.8) is 0 Å². The van der Waals surface area contributed by atoms with Crippen LogP contribution in [0, 0.1) is 6.92 Å². The maximum Gasteiger partial charge on any atom is 0.271 e. The molecule has 1 aliphatic rings. The van der Waals surface area contributed by atoms with Gasteiger partial charge in [0.15, 0.2) is 11.5 Å². The van der Waals surface area contributed by atoms with E-state index in [1.54, 1.807) is 24.3 Å². The Kier molecular flexibility index (Phi) is 9.02. The van der Waals surface area contributed by atoms with Crippen molar-refractivity contribution >= 4 is 34.8 Å². The fraction of sp³-hybridized carbons (Fsp3) is 0.286. The molecule has 0 radical (unpaired) electrons. The highest BCUT2D eigenvalue weighted by atomic mass is 19.1. The van der Waals surface area contributed by atoms with E-state index in [1.165, 1.54) is 36.4 Å². The lowest BCUT2D eigenvalue weighted by atomic mass is 10.1. The number of hydrogen-bond acceptors (Lipinski definition) is 11. The highest BCUT2D eigenvalue weighted by Gasteiger charge is 2.19. The smallest absolute Gasteiger partial charge is 0.271 e. The second kappa shape index (κ2) is 13.2. The molecule has 0 bridgehead atoms. The van der Waals surface area contributed by atoms with Crippen LogP contribution in [-0.2, 0) is 0 Å². The number of pyridine rings is 1. The standard InChI is InChI=1S/C28H32FN11O3/c1-18-4-6-20(34-27(41)19-5-7-26(31-15-19)43-16-29)12-21(18)35-25-13-22(28(42)30-2)36-40(25)24-14-23(32-17-33-24)37-39-10-8-38(3)9-11-39/h4-7,12-15,17,35H,8-11,16H2,1-3H3,(H,30,42)(H,34,41)(H,32,33,37). The second-order valence-corrected chi connectivity index (χ2v) is 9.82. The molecule has 3 aromatic heterocycles. The summed E-state index contributed by atoms with van der Waals surface area (Å²) in [7, 11) is 3.62. The summed E-state index contributed by atoms with van der Waals surface area (Å²) in [5, 5.41) is 15.4. The Morgan fingerprint density at radius 2 is 1.81 bits per heavy atom. The highest BCUT2D eigenvalue weighted by Crippen LogP contribution is 2.27. The zero-order chi connectivity index (χ0) is 30.3.